The summed E-state index contributed by atoms with van der Waals surface area (Å²) in [5.74, 6) is 6.70. The SMILES string of the molecule is CC#CC(=O)N1CC(N2CCC(c3cc4c(c(C#N)n3)OC(C)c3c(N5CCOCC5)ccnc3N4)CC2)C1. The second-order valence-electron chi connectivity index (χ2n) is 10.5. The summed E-state index contributed by atoms with van der Waals surface area (Å²) in [6, 6.07) is 6.73. The number of amides is 1. The number of pyridine rings is 2. The third-order valence-corrected chi connectivity index (χ3v) is 8.22. The maximum absolute atomic E-state index is 12.0. The van der Waals surface area contributed by atoms with Gasteiger partial charge in [0.15, 0.2) is 11.4 Å². The molecule has 2 aromatic rings. The number of nitriles is 1. The highest BCUT2D eigenvalue weighted by Gasteiger charge is 2.37. The van der Waals surface area contributed by atoms with Crippen molar-refractivity contribution in [3.8, 4) is 23.7 Å². The maximum atomic E-state index is 12.0. The van der Waals surface area contributed by atoms with Crippen LogP contribution in [0.3, 0.4) is 0 Å². The third-order valence-electron chi connectivity index (χ3n) is 8.22. The lowest BCUT2D eigenvalue weighted by molar-refractivity contribution is -0.132. The molecule has 0 radical (unpaired) electrons. The molecular formula is C29H33N7O3. The highest BCUT2D eigenvalue weighted by molar-refractivity contribution is 5.94. The van der Waals surface area contributed by atoms with Crippen LogP contribution in [0.15, 0.2) is 18.3 Å². The van der Waals surface area contributed by atoms with Crippen LogP contribution in [0.1, 0.15) is 55.7 Å². The van der Waals surface area contributed by atoms with Crippen molar-refractivity contribution in [1.82, 2.24) is 19.8 Å². The van der Waals surface area contributed by atoms with Gasteiger partial charge in [0.1, 0.15) is 18.0 Å². The molecular weight excluding hydrogens is 494 g/mol. The molecule has 1 atom stereocenters. The Bertz CT molecular complexity index is 1360. The number of nitrogens with zero attached hydrogens (tertiary/aromatic N) is 6. The summed E-state index contributed by atoms with van der Waals surface area (Å²) in [6.45, 7) is 10.0. The van der Waals surface area contributed by atoms with Crippen LogP contribution in [0.25, 0.3) is 0 Å². The van der Waals surface area contributed by atoms with E-state index in [4.69, 9.17) is 14.5 Å². The summed E-state index contributed by atoms with van der Waals surface area (Å²) in [4.78, 5) is 28.0. The summed E-state index contributed by atoms with van der Waals surface area (Å²) in [7, 11) is 0. The van der Waals surface area contributed by atoms with Crippen molar-refractivity contribution in [2.75, 3.05) is 62.7 Å². The number of fused-ring (bicyclic) bond motifs is 2. The lowest BCUT2D eigenvalue weighted by Gasteiger charge is -2.47. The zero-order valence-electron chi connectivity index (χ0n) is 22.4. The number of hydrogen-bond acceptors (Lipinski definition) is 9. The van der Waals surface area contributed by atoms with Gasteiger partial charge in [-0.1, -0.05) is 5.92 Å². The summed E-state index contributed by atoms with van der Waals surface area (Å²) >= 11 is 0. The number of morpholine rings is 1. The Labute approximate surface area is 228 Å². The number of carbonyl (C=O) groups excluding carboxylic acids is 1. The number of ether oxygens (including phenoxy) is 2. The third kappa shape index (κ3) is 4.87. The average molecular weight is 528 g/mol. The molecule has 202 valence electrons. The van der Waals surface area contributed by atoms with Crippen molar-refractivity contribution in [1.29, 1.82) is 5.26 Å². The number of rotatable bonds is 3. The molecule has 1 amide bonds. The van der Waals surface area contributed by atoms with E-state index in [1.165, 1.54) is 0 Å². The minimum absolute atomic E-state index is 0.0842. The van der Waals surface area contributed by atoms with Gasteiger partial charge in [0, 0.05) is 55.7 Å². The van der Waals surface area contributed by atoms with Crippen LogP contribution in [-0.2, 0) is 9.53 Å². The first-order valence-corrected chi connectivity index (χ1v) is 13.7. The van der Waals surface area contributed by atoms with Gasteiger partial charge in [0.05, 0.1) is 24.5 Å². The molecule has 0 spiro atoms. The van der Waals surface area contributed by atoms with Gasteiger partial charge < -0.3 is 24.6 Å². The van der Waals surface area contributed by atoms with Crippen molar-refractivity contribution in [3.05, 3.63) is 35.3 Å². The van der Waals surface area contributed by atoms with E-state index in [0.717, 1.165) is 80.6 Å². The Morgan fingerprint density at radius 2 is 1.95 bits per heavy atom. The molecule has 3 saturated heterocycles. The van der Waals surface area contributed by atoms with Crippen molar-refractivity contribution in [2.45, 2.75) is 44.8 Å². The molecule has 0 saturated carbocycles. The van der Waals surface area contributed by atoms with E-state index in [9.17, 15) is 10.1 Å². The van der Waals surface area contributed by atoms with Crippen molar-refractivity contribution >= 4 is 23.1 Å². The normalized spacial score (nSPS) is 21.6. The standard InChI is InChI=1S/C29H33N7O3/c1-3-4-26(37)36-17-21(18-36)34-9-6-20(7-10-34)22-15-23-28(24(16-30)32-22)39-19(2)27-25(5-8-31-29(27)33-23)35-11-13-38-14-12-35/h5,8,15,19-21H,6-7,9-14,17-18H2,1-2H3,(H,31,33). The summed E-state index contributed by atoms with van der Waals surface area (Å²) in [6.07, 6.45) is 3.41. The molecule has 1 N–H and O–H groups in total. The molecule has 10 heteroatoms. The topological polar surface area (TPSA) is 107 Å². The minimum Gasteiger partial charge on any atom is -0.481 e. The largest absolute Gasteiger partial charge is 0.481 e. The predicted octanol–water partition coefficient (Wildman–Crippen LogP) is 2.80. The van der Waals surface area contributed by atoms with E-state index in [2.05, 4.69) is 38.0 Å². The van der Waals surface area contributed by atoms with Gasteiger partial charge in [-0.15, -0.1) is 0 Å². The Morgan fingerprint density at radius 1 is 1.18 bits per heavy atom. The van der Waals surface area contributed by atoms with Crippen LogP contribution in [0.4, 0.5) is 17.2 Å². The van der Waals surface area contributed by atoms with Crippen LogP contribution in [0, 0.1) is 23.2 Å². The van der Waals surface area contributed by atoms with Gasteiger partial charge in [-0.2, -0.15) is 5.26 Å². The Balaban J connectivity index is 1.20. The Hall–Kier alpha value is -3.86. The zero-order valence-corrected chi connectivity index (χ0v) is 22.4. The number of likely N-dealkylation sites (tertiary alicyclic amines) is 2. The second-order valence-corrected chi connectivity index (χ2v) is 10.5. The number of hydrogen-bond donors (Lipinski definition) is 1. The lowest BCUT2D eigenvalue weighted by atomic mass is 9.90. The number of nitrogens with one attached hydrogen (secondary N) is 1. The molecule has 4 aliphatic rings. The molecule has 2 aromatic heterocycles. The van der Waals surface area contributed by atoms with E-state index in [1.807, 2.05) is 30.2 Å². The van der Waals surface area contributed by atoms with Gasteiger partial charge in [-0.05, 0) is 57.8 Å². The first-order chi connectivity index (χ1) is 19.1. The quantitative estimate of drug-likeness (QED) is 0.603. The van der Waals surface area contributed by atoms with E-state index in [-0.39, 0.29) is 17.9 Å². The summed E-state index contributed by atoms with van der Waals surface area (Å²) < 4.78 is 12.0. The second kappa shape index (κ2) is 10.7. The fourth-order valence-corrected chi connectivity index (χ4v) is 6.06. The van der Waals surface area contributed by atoms with Crippen LogP contribution in [0.2, 0.25) is 0 Å². The number of aromatic nitrogens is 2. The van der Waals surface area contributed by atoms with E-state index in [0.29, 0.717) is 30.7 Å². The molecule has 39 heavy (non-hydrogen) atoms. The summed E-state index contributed by atoms with van der Waals surface area (Å²) in [5.41, 5.74) is 4.00. The molecule has 6 heterocycles. The minimum atomic E-state index is -0.305. The first kappa shape index (κ1) is 25.4. The monoisotopic (exact) mass is 527 g/mol. The Kier molecular flexibility index (Phi) is 6.99. The smallest absolute Gasteiger partial charge is 0.298 e. The molecule has 4 aliphatic heterocycles. The molecule has 1 unspecified atom stereocenters. The van der Waals surface area contributed by atoms with Gasteiger partial charge in [0.2, 0.25) is 0 Å². The van der Waals surface area contributed by atoms with Gasteiger partial charge in [0.25, 0.3) is 5.91 Å². The van der Waals surface area contributed by atoms with Crippen molar-refractivity contribution in [3.63, 3.8) is 0 Å². The molecule has 6 rings (SSSR count). The fourth-order valence-electron chi connectivity index (χ4n) is 6.06. The zero-order chi connectivity index (χ0) is 26.9. The number of piperidine rings is 1. The number of carbonyl (C=O) groups is 1. The molecule has 10 nitrogen and oxygen atoms in total. The van der Waals surface area contributed by atoms with Crippen molar-refractivity contribution in [2.24, 2.45) is 0 Å². The fraction of sp³-hybridized carbons (Fsp3) is 0.517. The highest BCUT2D eigenvalue weighted by Crippen LogP contribution is 2.44. The van der Waals surface area contributed by atoms with Crippen LogP contribution in [-0.4, -0.2) is 84.2 Å². The van der Waals surface area contributed by atoms with E-state index in [1.54, 1.807) is 6.92 Å². The summed E-state index contributed by atoms with van der Waals surface area (Å²) in [5, 5.41) is 13.5. The first-order valence-electron chi connectivity index (χ1n) is 13.7. The number of anilines is 3. The average Bonchev–Trinajstić information content (AvgIpc) is 3.08. The molecule has 0 aliphatic carbocycles. The molecule has 0 bridgehead atoms. The molecule has 3 fully saturated rings. The van der Waals surface area contributed by atoms with E-state index < -0.39 is 0 Å². The van der Waals surface area contributed by atoms with Gasteiger partial charge in [-0.25, -0.2) is 9.97 Å². The molecule has 0 aromatic carbocycles. The lowest BCUT2D eigenvalue weighted by Crippen LogP contribution is -2.61. The van der Waals surface area contributed by atoms with Crippen molar-refractivity contribution < 1.29 is 14.3 Å². The highest BCUT2D eigenvalue weighted by atomic mass is 16.5. The van der Waals surface area contributed by atoms with Crippen LogP contribution < -0.4 is 15.0 Å². The Morgan fingerprint density at radius 3 is 2.67 bits per heavy atom. The van der Waals surface area contributed by atoms with E-state index >= 15 is 0 Å². The predicted molar refractivity (Wildman–Crippen MR) is 146 cm³/mol. The van der Waals surface area contributed by atoms with Crippen LogP contribution >= 0.6 is 0 Å². The van der Waals surface area contributed by atoms with Gasteiger partial charge in [-0.3, -0.25) is 9.69 Å². The maximum Gasteiger partial charge on any atom is 0.298 e. The van der Waals surface area contributed by atoms with Crippen LogP contribution in [0.5, 0.6) is 5.75 Å². The van der Waals surface area contributed by atoms with Gasteiger partial charge >= 0.3 is 0 Å².